The normalized spacial score (nSPS) is 14.3. The Kier molecular flexibility index (Phi) is 8.14. The van der Waals surface area contributed by atoms with E-state index in [-0.39, 0.29) is 15.5 Å². The molecule has 232 valence electrons. The van der Waals surface area contributed by atoms with Crippen LogP contribution < -0.4 is 16.6 Å². The lowest BCUT2D eigenvalue weighted by atomic mass is 10.0. The molecular formula is C33H35N7O4S. The van der Waals surface area contributed by atoms with Gasteiger partial charge in [-0.15, -0.1) is 0 Å². The van der Waals surface area contributed by atoms with Crippen molar-refractivity contribution in [2.24, 2.45) is 11.6 Å². The van der Waals surface area contributed by atoms with Gasteiger partial charge in [-0.2, -0.15) is 5.10 Å². The zero-order valence-corrected chi connectivity index (χ0v) is 25.7. The SMILES string of the molecule is C=C1CCc2c1ccc(CCN(CCN)Cc1cnn(-c3ccc4c(c3)N(N)C(=C)C4)c1)c2S(=O)(=O)c1ccc([N+](=O)[O-])cc1. The number of hydrazine groups is 1. The predicted octanol–water partition coefficient (Wildman–Crippen LogP) is 4.33. The van der Waals surface area contributed by atoms with Crippen molar-refractivity contribution in [2.45, 2.75) is 42.0 Å². The largest absolute Gasteiger partial charge is 0.329 e. The Morgan fingerprint density at radius 1 is 1.04 bits per heavy atom. The average molecular weight is 626 g/mol. The summed E-state index contributed by atoms with van der Waals surface area (Å²) in [5.74, 6) is 6.17. The van der Waals surface area contributed by atoms with Crippen molar-refractivity contribution in [1.82, 2.24) is 14.7 Å². The van der Waals surface area contributed by atoms with Crippen molar-refractivity contribution in [3.63, 3.8) is 0 Å². The number of nitrogens with two attached hydrogens (primary N) is 2. The minimum Gasteiger partial charge on any atom is -0.329 e. The molecule has 0 unspecified atom stereocenters. The maximum atomic E-state index is 14.1. The maximum Gasteiger partial charge on any atom is 0.269 e. The highest BCUT2D eigenvalue weighted by atomic mass is 32.2. The number of hydrogen-bond donors (Lipinski definition) is 2. The highest BCUT2D eigenvalue weighted by Crippen LogP contribution is 2.39. The third kappa shape index (κ3) is 5.80. The summed E-state index contributed by atoms with van der Waals surface area (Å²) in [6.07, 6.45) is 6.25. The molecule has 4 aromatic rings. The Labute approximate surface area is 262 Å². The lowest BCUT2D eigenvalue weighted by molar-refractivity contribution is -0.384. The fourth-order valence-electron chi connectivity index (χ4n) is 6.18. The van der Waals surface area contributed by atoms with E-state index in [1.165, 1.54) is 24.3 Å². The highest BCUT2D eigenvalue weighted by Gasteiger charge is 2.30. The summed E-state index contributed by atoms with van der Waals surface area (Å²) in [7, 11) is -3.96. The van der Waals surface area contributed by atoms with E-state index in [1.807, 2.05) is 47.4 Å². The van der Waals surface area contributed by atoms with Gasteiger partial charge in [0.15, 0.2) is 0 Å². The van der Waals surface area contributed by atoms with Gasteiger partial charge in [-0.05, 0) is 71.4 Å². The Bertz CT molecular complexity index is 1930. The van der Waals surface area contributed by atoms with Crippen LogP contribution in [-0.2, 0) is 35.6 Å². The second kappa shape index (κ2) is 12.1. The second-order valence-electron chi connectivity index (χ2n) is 11.5. The minimum atomic E-state index is -3.96. The number of non-ortho nitro benzene ring substituents is 1. The fourth-order valence-corrected chi connectivity index (χ4v) is 7.96. The van der Waals surface area contributed by atoms with Gasteiger partial charge in [0.25, 0.3) is 5.69 Å². The molecule has 12 heteroatoms. The maximum absolute atomic E-state index is 14.1. The molecule has 1 aromatic heterocycles. The molecular weight excluding hydrogens is 590 g/mol. The van der Waals surface area contributed by atoms with Crippen LogP contribution in [0.15, 0.2) is 95.6 Å². The summed E-state index contributed by atoms with van der Waals surface area (Å²) in [5, 5.41) is 17.4. The van der Waals surface area contributed by atoms with E-state index in [2.05, 4.69) is 23.2 Å². The van der Waals surface area contributed by atoms with Gasteiger partial charge < -0.3 is 5.73 Å². The van der Waals surface area contributed by atoms with Crippen molar-refractivity contribution >= 4 is 26.8 Å². The first-order chi connectivity index (χ1) is 21.6. The number of aromatic nitrogens is 2. The molecule has 0 amide bonds. The molecule has 0 fully saturated rings. The van der Waals surface area contributed by atoms with Gasteiger partial charge in [-0.25, -0.2) is 18.9 Å². The number of allylic oxidation sites excluding steroid dienone is 2. The average Bonchev–Trinajstić information content (AvgIpc) is 3.73. The molecule has 1 aliphatic heterocycles. The number of nitrogens with zero attached hydrogens (tertiary/aromatic N) is 5. The molecule has 3 aromatic carbocycles. The second-order valence-corrected chi connectivity index (χ2v) is 13.4. The molecule has 0 radical (unpaired) electrons. The molecule has 0 atom stereocenters. The number of nitro benzene ring substituents is 1. The Morgan fingerprint density at radius 2 is 1.82 bits per heavy atom. The number of anilines is 1. The summed E-state index contributed by atoms with van der Waals surface area (Å²) >= 11 is 0. The number of sulfone groups is 1. The van der Waals surface area contributed by atoms with E-state index >= 15 is 0 Å². The molecule has 0 spiro atoms. The zero-order valence-electron chi connectivity index (χ0n) is 24.9. The molecule has 0 saturated heterocycles. The van der Waals surface area contributed by atoms with Gasteiger partial charge in [-0.1, -0.05) is 31.4 Å². The Hall–Kier alpha value is -4.62. The topological polar surface area (TPSA) is 154 Å². The molecule has 2 heterocycles. The third-order valence-corrected chi connectivity index (χ3v) is 10.5. The Morgan fingerprint density at radius 3 is 2.56 bits per heavy atom. The number of rotatable bonds is 11. The van der Waals surface area contributed by atoms with Crippen molar-refractivity contribution < 1.29 is 13.3 Å². The molecule has 1 aliphatic carbocycles. The Balaban J connectivity index is 1.24. The summed E-state index contributed by atoms with van der Waals surface area (Å²) in [4.78, 5) is 13.1. The molecule has 2 aliphatic rings. The molecule has 0 bridgehead atoms. The lowest BCUT2D eigenvalue weighted by Crippen LogP contribution is -2.31. The summed E-state index contributed by atoms with van der Waals surface area (Å²) < 4.78 is 29.9. The van der Waals surface area contributed by atoms with Crippen molar-refractivity contribution in [2.75, 3.05) is 24.6 Å². The van der Waals surface area contributed by atoms with Crippen LogP contribution in [0.1, 0.15) is 34.2 Å². The van der Waals surface area contributed by atoms with E-state index in [4.69, 9.17) is 11.6 Å². The van der Waals surface area contributed by atoms with Crippen LogP contribution in [0.5, 0.6) is 0 Å². The van der Waals surface area contributed by atoms with E-state index in [0.29, 0.717) is 51.0 Å². The van der Waals surface area contributed by atoms with Gasteiger partial charge >= 0.3 is 0 Å². The first-order valence-corrected chi connectivity index (χ1v) is 16.2. The van der Waals surface area contributed by atoms with Gasteiger partial charge in [0.2, 0.25) is 9.84 Å². The number of hydrogen-bond acceptors (Lipinski definition) is 9. The fraction of sp³-hybridized carbons (Fsp3) is 0.242. The highest BCUT2D eigenvalue weighted by molar-refractivity contribution is 7.91. The van der Waals surface area contributed by atoms with Gasteiger partial charge in [0, 0.05) is 62.2 Å². The van der Waals surface area contributed by atoms with E-state index in [1.54, 1.807) is 5.01 Å². The van der Waals surface area contributed by atoms with Crippen molar-refractivity contribution in [3.05, 3.63) is 124 Å². The van der Waals surface area contributed by atoms with Crippen LogP contribution in [0.4, 0.5) is 11.4 Å². The number of fused-ring (bicyclic) bond motifs is 2. The molecule has 45 heavy (non-hydrogen) atoms. The molecule has 11 nitrogen and oxygen atoms in total. The molecule has 6 rings (SSSR count). The molecule has 4 N–H and O–H groups in total. The van der Waals surface area contributed by atoms with Gasteiger partial charge in [-0.3, -0.25) is 20.0 Å². The lowest BCUT2D eigenvalue weighted by Gasteiger charge is -2.22. The first kappa shape index (κ1) is 30.4. The summed E-state index contributed by atoms with van der Waals surface area (Å²) in [6, 6.07) is 14.9. The van der Waals surface area contributed by atoms with Crippen LogP contribution in [0.3, 0.4) is 0 Å². The standard InChI is InChI=1S/C33H35N7O4S/c1-22-3-11-31-30(22)12-5-25(33(31)45(43,44)29-9-7-27(8-10-29)40(41)42)13-15-37(16-14-34)20-24-19-36-38(21-24)28-6-4-26-17-23(2)39(35)32(26)18-28/h4-10,12,18-19,21H,1-3,11,13-17,20,34-35H2. The van der Waals surface area contributed by atoms with Crippen LogP contribution in [0, 0.1) is 10.1 Å². The van der Waals surface area contributed by atoms with E-state index in [9.17, 15) is 18.5 Å². The van der Waals surface area contributed by atoms with Crippen molar-refractivity contribution in [3.8, 4) is 5.69 Å². The van der Waals surface area contributed by atoms with Crippen LogP contribution in [0.25, 0.3) is 11.3 Å². The van der Waals surface area contributed by atoms with Gasteiger partial charge in [0.1, 0.15) is 0 Å². The third-order valence-electron chi connectivity index (χ3n) is 8.54. The smallest absolute Gasteiger partial charge is 0.269 e. The zero-order chi connectivity index (χ0) is 31.9. The molecule has 0 saturated carbocycles. The number of benzene rings is 3. The monoisotopic (exact) mass is 625 g/mol. The van der Waals surface area contributed by atoms with Gasteiger partial charge in [0.05, 0.1) is 32.3 Å². The quantitative estimate of drug-likeness (QED) is 0.141. The van der Waals surface area contributed by atoms with Crippen LogP contribution in [0.2, 0.25) is 0 Å². The minimum absolute atomic E-state index is 0.0279. The summed E-state index contributed by atoms with van der Waals surface area (Å²) in [6.45, 7) is 10.3. The first-order valence-electron chi connectivity index (χ1n) is 14.7. The predicted molar refractivity (Wildman–Crippen MR) is 173 cm³/mol. The summed E-state index contributed by atoms with van der Waals surface area (Å²) in [5.41, 5.74) is 13.8. The van der Waals surface area contributed by atoms with Crippen LogP contribution >= 0.6 is 0 Å². The van der Waals surface area contributed by atoms with E-state index in [0.717, 1.165) is 51.3 Å². The van der Waals surface area contributed by atoms with Crippen molar-refractivity contribution in [1.29, 1.82) is 0 Å². The van der Waals surface area contributed by atoms with E-state index < -0.39 is 14.8 Å². The number of nitro groups is 1. The van der Waals surface area contributed by atoms with Crippen LogP contribution in [-0.4, -0.2) is 47.7 Å².